The standard InChI is InChI=1S/C18H16F3O2S2.C17H14F3O2S2.C16H12F3O2S2.C15H12FO2S2/c1-12(2)25(22,23)17-8-7-14(11-15(17)18(19,20)21)24-10-9-13-5-3-4-6-16(13)24;1-2-24(21,22)16-8-7-13(11-14(16)17(18,19)20)23-10-9-12-5-3-4-6-15(12)23;1-23(20,21)15-7-6-12(10-13(15)16(17,18)19)22-9-8-11-4-2-3-5-14(11)22;1-20(17,18)15-7-6-12(10-13(15)16)19-9-8-11-4-2-3-5-14(11)19/h3-12H,1-2H3;3-11H,2H2,1H3;2-10H,1H3;2-10H,1H3/q4*+1. The molecule has 0 N–H and O–H groups in total. The molecule has 4 heterocycles. The van der Waals surface area contributed by atoms with Gasteiger partial charge in [0.05, 0.1) is 42.4 Å². The van der Waals surface area contributed by atoms with Gasteiger partial charge in [0, 0.05) is 124 Å². The average Bonchev–Trinajstić information content (AvgIpc) is 1.16. The fourth-order valence-electron chi connectivity index (χ4n) is 9.73. The van der Waals surface area contributed by atoms with Gasteiger partial charge in [0.1, 0.15) is 32.2 Å². The lowest BCUT2D eigenvalue weighted by Gasteiger charge is -2.15. The van der Waals surface area contributed by atoms with Crippen LogP contribution < -0.4 is 0 Å². The van der Waals surface area contributed by atoms with E-state index in [4.69, 9.17) is 0 Å². The number of hydrogen-bond acceptors (Lipinski definition) is 8. The highest BCUT2D eigenvalue weighted by Gasteiger charge is 2.41. The largest absolute Gasteiger partial charge is 0.417 e. The first-order chi connectivity index (χ1) is 43.0. The molecule has 0 aliphatic carbocycles. The van der Waals surface area contributed by atoms with E-state index in [1.807, 2.05) is 143 Å². The first kappa shape index (κ1) is 69.1. The number of benzene rings is 8. The van der Waals surface area contributed by atoms with Crippen molar-refractivity contribution in [3.05, 3.63) is 238 Å². The van der Waals surface area contributed by atoms with Crippen LogP contribution in [0.25, 0.3) is 59.9 Å². The Bertz CT molecular complexity index is 5220. The van der Waals surface area contributed by atoms with Gasteiger partial charge in [-0.2, -0.15) is 39.5 Å². The zero-order chi connectivity index (χ0) is 67.1. The summed E-state index contributed by atoms with van der Waals surface area (Å²) in [7, 11) is -17.7. The maximum atomic E-state index is 14.0. The minimum absolute atomic E-state index is 0.249. The zero-order valence-electron chi connectivity index (χ0n) is 48.9. The van der Waals surface area contributed by atoms with Gasteiger partial charge < -0.3 is 0 Å². The Morgan fingerprint density at radius 2 is 0.630 bits per heavy atom. The van der Waals surface area contributed by atoms with Gasteiger partial charge in [-0.3, -0.25) is 0 Å². The Balaban J connectivity index is 0.000000145. The Hall–Kier alpha value is -7.30. The lowest BCUT2D eigenvalue weighted by Crippen LogP contribution is -2.19. The third kappa shape index (κ3) is 15.0. The third-order valence-corrected chi connectivity index (χ3v) is 28.6. The van der Waals surface area contributed by atoms with E-state index in [1.165, 1.54) is 51.1 Å². The van der Waals surface area contributed by atoms with Crippen molar-refractivity contribution in [2.24, 2.45) is 0 Å². The molecular weight excluding hydrogens is 1370 g/mol. The molecular formula is C66H54F10O8S8+4. The number of sulfone groups is 4. The number of fused-ring (bicyclic) bond motifs is 4. The highest BCUT2D eigenvalue weighted by molar-refractivity contribution is 7.92. The van der Waals surface area contributed by atoms with Gasteiger partial charge in [0.25, 0.3) is 0 Å². The molecule has 12 aromatic rings. The number of rotatable bonds is 10. The van der Waals surface area contributed by atoms with Crippen molar-refractivity contribution in [3.63, 3.8) is 0 Å². The molecule has 92 heavy (non-hydrogen) atoms. The molecule has 0 aliphatic heterocycles. The minimum Gasteiger partial charge on any atom is -0.224 e. The van der Waals surface area contributed by atoms with Crippen LogP contribution in [0, 0.1) is 5.82 Å². The fraction of sp³-hybridized carbons (Fsp3) is 0.152. The maximum absolute atomic E-state index is 14.0. The SMILES string of the molecule is CC(C)S(=O)(=O)c1ccc(-[s+]2ccc3ccccc32)cc1C(F)(F)F.CCS(=O)(=O)c1ccc(-[s+]2ccc3ccccc32)cc1C(F)(F)F.CS(=O)(=O)c1ccc(-[s+]2ccc3ccccc32)cc1C(F)(F)F.CS(=O)(=O)c1ccc(-[s+]2ccc3ccccc32)cc1F. The molecule has 0 aliphatic rings. The monoisotopic (exact) mass is 1420 g/mol. The molecule has 0 saturated carbocycles. The molecule has 4 atom stereocenters. The van der Waals surface area contributed by atoms with Crippen LogP contribution in [0.4, 0.5) is 43.9 Å². The summed E-state index contributed by atoms with van der Waals surface area (Å²) < 4.78 is 233. The van der Waals surface area contributed by atoms with Crippen LogP contribution in [0.5, 0.6) is 0 Å². The van der Waals surface area contributed by atoms with Gasteiger partial charge >= 0.3 is 18.5 Å². The van der Waals surface area contributed by atoms with Crippen molar-refractivity contribution >= 4 is 122 Å². The number of thiophene rings is 4. The van der Waals surface area contributed by atoms with Gasteiger partial charge in [-0.25, -0.2) is 38.1 Å². The lowest BCUT2D eigenvalue weighted by molar-refractivity contribution is -0.140. The second-order valence-corrected chi connectivity index (χ2v) is 36.9. The zero-order valence-corrected chi connectivity index (χ0v) is 55.4. The number of hydrogen-bond donors (Lipinski definition) is 0. The molecule has 12 rings (SSSR count). The van der Waals surface area contributed by atoms with Crippen molar-refractivity contribution < 1.29 is 77.6 Å². The Morgan fingerprint density at radius 3 is 0.924 bits per heavy atom. The summed E-state index contributed by atoms with van der Waals surface area (Å²) in [6.07, 6.45) is -12.4. The topological polar surface area (TPSA) is 137 Å². The van der Waals surface area contributed by atoms with Gasteiger partial charge in [-0.15, -0.1) is 0 Å². The molecule has 0 bridgehead atoms. The van der Waals surface area contributed by atoms with Crippen LogP contribution in [0.15, 0.2) is 235 Å². The van der Waals surface area contributed by atoms with Gasteiger partial charge in [0.2, 0.25) is 0 Å². The summed E-state index contributed by atoms with van der Waals surface area (Å²) in [4.78, 5) is -0.0907. The van der Waals surface area contributed by atoms with E-state index >= 15 is 0 Å². The van der Waals surface area contributed by atoms with Crippen LogP contribution in [0.3, 0.4) is 0 Å². The highest BCUT2D eigenvalue weighted by atomic mass is 32.2. The molecule has 8 aromatic carbocycles. The minimum atomic E-state index is -4.74. The van der Waals surface area contributed by atoms with Gasteiger partial charge in [-0.05, 0) is 111 Å². The predicted molar refractivity (Wildman–Crippen MR) is 352 cm³/mol. The van der Waals surface area contributed by atoms with Crippen molar-refractivity contribution in [2.75, 3.05) is 18.3 Å². The lowest BCUT2D eigenvalue weighted by atomic mass is 10.2. The van der Waals surface area contributed by atoms with Crippen molar-refractivity contribution in [1.29, 1.82) is 0 Å². The van der Waals surface area contributed by atoms with Crippen LogP contribution in [-0.4, -0.2) is 57.2 Å². The van der Waals surface area contributed by atoms with E-state index in [1.54, 1.807) is 6.07 Å². The van der Waals surface area contributed by atoms with Gasteiger partial charge in [0.15, 0.2) is 77.7 Å². The summed E-state index contributed by atoms with van der Waals surface area (Å²) in [5, 5.41) is 10.7. The molecule has 0 fully saturated rings. The molecule has 480 valence electrons. The Morgan fingerprint density at radius 1 is 0.359 bits per heavy atom. The van der Waals surface area contributed by atoms with Crippen molar-refractivity contribution in [1.82, 2.24) is 0 Å². The van der Waals surface area contributed by atoms with E-state index in [0.717, 1.165) is 94.1 Å². The van der Waals surface area contributed by atoms with E-state index in [0.29, 0.717) is 14.7 Å². The number of alkyl halides is 9. The average molecular weight is 1420 g/mol. The van der Waals surface area contributed by atoms with E-state index in [9.17, 15) is 77.6 Å². The van der Waals surface area contributed by atoms with Crippen molar-refractivity contribution in [3.8, 4) is 19.6 Å². The first-order valence-electron chi connectivity index (χ1n) is 27.3. The van der Waals surface area contributed by atoms with E-state index in [2.05, 4.69) is 0 Å². The summed E-state index contributed by atoms with van der Waals surface area (Å²) in [5.74, 6) is -1.06. The fourth-order valence-corrected chi connectivity index (χ4v) is 21.3. The van der Waals surface area contributed by atoms with Crippen LogP contribution >= 0.6 is 41.9 Å². The van der Waals surface area contributed by atoms with Crippen LogP contribution in [0.1, 0.15) is 37.5 Å². The van der Waals surface area contributed by atoms with Crippen molar-refractivity contribution in [2.45, 2.75) is 64.1 Å². The molecule has 0 amide bonds. The summed E-state index contributed by atoms with van der Waals surface area (Å²) in [6, 6.07) is 52.9. The van der Waals surface area contributed by atoms with Crippen LogP contribution in [-0.2, 0) is 57.9 Å². The smallest absolute Gasteiger partial charge is 0.224 e. The molecule has 0 saturated heterocycles. The highest BCUT2D eigenvalue weighted by Crippen LogP contribution is 2.48. The maximum Gasteiger partial charge on any atom is 0.417 e. The van der Waals surface area contributed by atoms with Gasteiger partial charge in [-0.1, -0.05) is 55.5 Å². The molecule has 4 aromatic heterocycles. The molecule has 8 nitrogen and oxygen atoms in total. The van der Waals surface area contributed by atoms with Crippen LogP contribution in [0.2, 0.25) is 0 Å². The Labute approximate surface area is 535 Å². The normalized spacial score (nSPS) is 13.3. The Kier molecular flexibility index (Phi) is 20.0. The van der Waals surface area contributed by atoms with E-state index < -0.39 is 132 Å². The summed E-state index contributed by atoms with van der Waals surface area (Å²) in [6.45, 7) is 4.09. The molecule has 0 spiro atoms. The summed E-state index contributed by atoms with van der Waals surface area (Å²) in [5.41, 5.74) is -3.29. The first-order valence-corrected chi connectivity index (χ1v) is 39.5. The second-order valence-electron chi connectivity index (χ2n) is 20.8. The molecule has 26 heteroatoms. The summed E-state index contributed by atoms with van der Waals surface area (Å²) >= 11 is 0. The quantitative estimate of drug-likeness (QED) is 0.0975. The molecule has 4 unspecified atom stereocenters. The predicted octanol–water partition coefficient (Wildman–Crippen LogP) is 20.3. The number of halogens is 10. The van der Waals surface area contributed by atoms with E-state index in [-0.39, 0.29) is 21.1 Å². The molecule has 0 radical (unpaired) electrons. The second kappa shape index (κ2) is 26.6. The third-order valence-electron chi connectivity index (χ3n) is 14.3.